The lowest BCUT2D eigenvalue weighted by molar-refractivity contribution is -0.154. The Balaban J connectivity index is 2.26. The van der Waals surface area contributed by atoms with Crippen molar-refractivity contribution < 1.29 is 23.1 Å². The highest BCUT2D eigenvalue weighted by atomic mass is 35.5. The number of carbonyl (C=O) groups excluding carboxylic acids is 2. The van der Waals surface area contributed by atoms with Crippen LogP contribution in [0.5, 0.6) is 0 Å². The van der Waals surface area contributed by atoms with Gasteiger partial charge in [0.1, 0.15) is 22.5 Å². The van der Waals surface area contributed by atoms with Gasteiger partial charge in [-0.3, -0.25) is 9.59 Å². The first-order valence-electron chi connectivity index (χ1n) is 9.45. The highest BCUT2D eigenvalue weighted by molar-refractivity contribution is 8.00. The number of carbonyl (C=O) groups is 2. The predicted octanol–water partition coefficient (Wildman–Crippen LogP) is 6.47. The zero-order valence-electron chi connectivity index (χ0n) is 17.2. The van der Waals surface area contributed by atoms with E-state index in [1.165, 1.54) is 24.3 Å². The molecule has 1 amide bonds. The van der Waals surface area contributed by atoms with Gasteiger partial charge in [-0.15, -0.1) is 11.8 Å². The van der Waals surface area contributed by atoms with Crippen LogP contribution >= 0.6 is 23.4 Å². The number of amides is 1. The molecule has 8 heteroatoms. The molecule has 0 aliphatic rings. The summed E-state index contributed by atoms with van der Waals surface area (Å²) in [6.07, 6.45) is 1.27. The van der Waals surface area contributed by atoms with E-state index in [0.29, 0.717) is 11.3 Å². The van der Waals surface area contributed by atoms with Crippen LogP contribution in [-0.4, -0.2) is 22.7 Å². The van der Waals surface area contributed by atoms with Crippen molar-refractivity contribution in [3.8, 4) is 0 Å². The zero-order valence-corrected chi connectivity index (χ0v) is 18.8. The van der Waals surface area contributed by atoms with Crippen LogP contribution in [0, 0.1) is 11.6 Å². The van der Waals surface area contributed by atoms with Gasteiger partial charge < -0.3 is 10.1 Å². The number of anilines is 1. The molecule has 0 heterocycles. The number of rotatable bonds is 7. The summed E-state index contributed by atoms with van der Waals surface area (Å²) in [5.41, 5.74) is -0.702. The van der Waals surface area contributed by atoms with Crippen LogP contribution in [0.3, 0.4) is 0 Å². The standard InChI is InChI=1S/C22H24ClF2NO3S/c1-5-7-18(21(28)29-22(2,3)4)30-19-12-17(16(25)11-15(19)23)26-20(27)13-8-6-9-14(24)10-13/h6,8-12,18H,5,7H2,1-4H3,(H,26,27). The maximum atomic E-state index is 14.4. The van der Waals surface area contributed by atoms with Gasteiger partial charge in [0.05, 0.1) is 10.7 Å². The fourth-order valence-electron chi connectivity index (χ4n) is 2.55. The van der Waals surface area contributed by atoms with E-state index in [0.717, 1.165) is 30.3 Å². The third-order valence-electron chi connectivity index (χ3n) is 3.85. The van der Waals surface area contributed by atoms with Crippen LogP contribution in [0.2, 0.25) is 5.02 Å². The number of halogens is 3. The molecule has 0 radical (unpaired) electrons. The fraction of sp³-hybridized carbons (Fsp3) is 0.364. The minimum atomic E-state index is -0.738. The molecule has 0 spiro atoms. The average Bonchev–Trinajstić information content (AvgIpc) is 2.63. The monoisotopic (exact) mass is 455 g/mol. The topological polar surface area (TPSA) is 55.4 Å². The van der Waals surface area contributed by atoms with Crippen molar-refractivity contribution in [3.63, 3.8) is 0 Å². The van der Waals surface area contributed by atoms with Gasteiger partial charge in [0.2, 0.25) is 0 Å². The number of ether oxygens (including phenoxy) is 1. The third-order valence-corrected chi connectivity index (χ3v) is 5.58. The van der Waals surface area contributed by atoms with Crippen LogP contribution in [0.15, 0.2) is 41.3 Å². The van der Waals surface area contributed by atoms with Gasteiger partial charge in [0.25, 0.3) is 5.91 Å². The van der Waals surface area contributed by atoms with E-state index >= 15 is 0 Å². The molecule has 0 saturated carbocycles. The predicted molar refractivity (Wildman–Crippen MR) is 116 cm³/mol. The Morgan fingerprint density at radius 2 is 1.90 bits per heavy atom. The zero-order chi connectivity index (χ0) is 22.5. The fourth-order valence-corrected chi connectivity index (χ4v) is 3.99. The molecule has 0 aliphatic heterocycles. The Kier molecular flexibility index (Phi) is 8.26. The lowest BCUT2D eigenvalue weighted by Crippen LogP contribution is -2.30. The summed E-state index contributed by atoms with van der Waals surface area (Å²) < 4.78 is 33.2. The summed E-state index contributed by atoms with van der Waals surface area (Å²) in [5.74, 6) is -2.36. The molecule has 0 aliphatic carbocycles. The maximum absolute atomic E-state index is 14.4. The third kappa shape index (κ3) is 6.99. The first-order valence-corrected chi connectivity index (χ1v) is 10.7. The molecule has 0 aromatic heterocycles. The van der Waals surface area contributed by atoms with Crippen LogP contribution < -0.4 is 5.32 Å². The summed E-state index contributed by atoms with van der Waals surface area (Å²) in [4.78, 5) is 25.3. The number of hydrogen-bond donors (Lipinski definition) is 1. The molecule has 2 aromatic rings. The molecule has 0 fully saturated rings. The van der Waals surface area contributed by atoms with Crippen LogP contribution in [-0.2, 0) is 9.53 Å². The summed E-state index contributed by atoms with van der Waals surface area (Å²) >= 11 is 7.34. The minimum absolute atomic E-state index is 0.0520. The van der Waals surface area contributed by atoms with Gasteiger partial charge in [-0.25, -0.2) is 8.78 Å². The van der Waals surface area contributed by atoms with Crippen molar-refractivity contribution in [2.45, 2.75) is 56.3 Å². The van der Waals surface area contributed by atoms with Crippen molar-refractivity contribution in [2.75, 3.05) is 5.32 Å². The number of hydrogen-bond acceptors (Lipinski definition) is 4. The molecule has 1 atom stereocenters. The second-order valence-corrected chi connectivity index (χ2v) is 9.31. The molecule has 2 rings (SSSR count). The molecule has 1 N–H and O–H groups in total. The van der Waals surface area contributed by atoms with Crippen molar-refractivity contribution in [2.24, 2.45) is 0 Å². The second kappa shape index (κ2) is 10.3. The maximum Gasteiger partial charge on any atom is 0.319 e. The quantitative estimate of drug-likeness (QED) is 0.384. The molecular formula is C22H24ClF2NO3S. The Morgan fingerprint density at radius 1 is 1.20 bits per heavy atom. The van der Waals surface area contributed by atoms with E-state index in [1.807, 2.05) is 6.92 Å². The van der Waals surface area contributed by atoms with Gasteiger partial charge >= 0.3 is 5.97 Å². The largest absolute Gasteiger partial charge is 0.459 e. The number of thioether (sulfide) groups is 1. The Hall–Kier alpha value is -2.12. The average molecular weight is 456 g/mol. The summed E-state index contributed by atoms with van der Waals surface area (Å²) in [6, 6.07) is 7.51. The van der Waals surface area contributed by atoms with E-state index in [-0.39, 0.29) is 22.2 Å². The highest BCUT2D eigenvalue weighted by Gasteiger charge is 2.27. The van der Waals surface area contributed by atoms with Crippen molar-refractivity contribution in [1.82, 2.24) is 0 Å². The minimum Gasteiger partial charge on any atom is -0.459 e. The first-order chi connectivity index (χ1) is 14.0. The number of nitrogens with one attached hydrogen (secondary N) is 1. The van der Waals surface area contributed by atoms with Gasteiger partial charge in [-0.1, -0.05) is 31.0 Å². The van der Waals surface area contributed by atoms with E-state index < -0.39 is 28.4 Å². The van der Waals surface area contributed by atoms with Crippen molar-refractivity contribution >= 4 is 40.9 Å². The van der Waals surface area contributed by atoms with E-state index in [4.69, 9.17) is 16.3 Å². The van der Waals surface area contributed by atoms with Gasteiger partial charge in [-0.05, 0) is 57.5 Å². The molecular weight excluding hydrogens is 432 g/mol. The lowest BCUT2D eigenvalue weighted by atomic mass is 10.2. The Morgan fingerprint density at radius 3 is 2.50 bits per heavy atom. The van der Waals surface area contributed by atoms with Gasteiger partial charge in [0, 0.05) is 10.5 Å². The number of benzene rings is 2. The lowest BCUT2D eigenvalue weighted by Gasteiger charge is -2.24. The summed E-state index contributed by atoms with van der Waals surface area (Å²) in [6.45, 7) is 7.28. The van der Waals surface area contributed by atoms with Crippen LogP contribution in [0.25, 0.3) is 0 Å². The Bertz CT molecular complexity index is 931. The molecule has 4 nitrogen and oxygen atoms in total. The van der Waals surface area contributed by atoms with Gasteiger partial charge in [0.15, 0.2) is 0 Å². The summed E-state index contributed by atoms with van der Waals surface area (Å²) in [5, 5.41) is 2.00. The SMILES string of the molecule is CCCC(Sc1cc(NC(=O)c2cccc(F)c2)c(F)cc1Cl)C(=O)OC(C)(C)C. The van der Waals surface area contributed by atoms with E-state index in [2.05, 4.69) is 5.32 Å². The molecule has 1 unspecified atom stereocenters. The van der Waals surface area contributed by atoms with Crippen LogP contribution in [0.1, 0.15) is 50.9 Å². The Labute approximate surface area is 184 Å². The smallest absolute Gasteiger partial charge is 0.319 e. The van der Waals surface area contributed by atoms with E-state index in [9.17, 15) is 18.4 Å². The summed E-state index contributed by atoms with van der Waals surface area (Å²) in [7, 11) is 0. The second-order valence-electron chi connectivity index (χ2n) is 7.66. The van der Waals surface area contributed by atoms with Crippen molar-refractivity contribution in [3.05, 3.63) is 58.6 Å². The van der Waals surface area contributed by atoms with Crippen LogP contribution in [0.4, 0.5) is 14.5 Å². The first kappa shape index (κ1) is 24.2. The molecule has 2 aromatic carbocycles. The molecule has 0 saturated heterocycles. The normalized spacial score (nSPS) is 12.4. The molecule has 0 bridgehead atoms. The number of esters is 1. The highest BCUT2D eigenvalue weighted by Crippen LogP contribution is 2.36. The molecule has 30 heavy (non-hydrogen) atoms. The molecule has 162 valence electrons. The van der Waals surface area contributed by atoms with Gasteiger partial charge in [-0.2, -0.15) is 0 Å². The van der Waals surface area contributed by atoms with Crippen molar-refractivity contribution in [1.29, 1.82) is 0 Å². The van der Waals surface area contributed by atoms with E-state index in [1.54, 1.807) is 20.8 Å².